The summed E-state index contributed by atoms with van der Waals surface area (Å²) in [6, 6.07) is 0. The van der Waals surface area contributed by atoms with Crippen molar-refractivity contribution in [3.05, 3.63) is 0 Å². The predicted octanol–water partition coefficient (Wildman–Crippen LogP) is -2.27. The van der Waals surface area contributed by atoms with Crippen LogP contribution < -0.4 is 0 Å². The van der Waals surface area contributed by atoms with E-state index in [9.17, 15) is 15.3 Å². The van der Waals surface area contributed by atoms with E-state index in [1.54, 1.807) is 0 Å². The molecule has 0 aromatic carbocycles. The van der Waals surface area contributed by atoms with Crippen LogP contribution in [0, 0.1) is 0 Å². The monoisotopic (exact) mass is 240 g/mol. The zero-order chi connectivity index (χ0) is 11.4. The highest BCUT2D eigenvalue weighted by molar-refractivity contribution is 7.80. The second-order valence-corrected chi connectivity index (χ2v) is 3.74. The van der Waals surface area contributed by atoms with Crippen molar-refractivity contribution in [2.75, 3.05) is 19.0 Å². The lowest BCUT2D eigenvalue weighted by atomic mass is 9.99. The second-order valence-electron chi connectivity index (χ2n) is 3.29. The first-order valence-electron chi connectivity index (χ1n) is 4.64. The van der Waals surface area contributed by atoms with Crippen LogP contribution in [0.25, 0.3) is 0 Å². The molecule has 0 bridgehead atoms. The van der Waals surface area contributed by atoms with E-state index in [4.69, 9.17) is 14.6 Å². The maximum Gasteiger partial charge on any atom is 0.186 e. The van der Waals surface area contributed by atoms with E-state index in [1.165, 1.54) is 0 Å². The number of aliphatic hydroxyl groups is 4. The Bertz CT molecular complexity index is 190. The first-order chi connectivity index (χ1) is 7.11. The first-order valence-corrected chi connectivity index (χ1v) is 5.28. The minimum atomic E-state index is -1.39. The molecule has 90 valence electrons. The van der Waals surface area contributed by atoms with Gasteiger partial charge in [0.2, 0.25) is 0 Å². The highest BCUT2D eigenvalue weighted by Gasteiger charge is 2.43. The maximum atomic E-state index is 9.48. The normalized spacial score (nSPS) is 41.8. The summed E-state index contributed by atoms with van der Waals surface area (Å²) in [7, 11) is 0. The molecule has 1 saturated heterocycles. The van der Waals surface area contributed by atoms with Crippen molar-refractivity contribution in [3.63, 3.8) is 0 Å². The molecule has 0 aromatic rings. The third-order valence-corrected chi connectivity index (χ3v) is 2.40. The van der Waals surface area contributed by atoms with Crippen LogP contribution in [-0.4, -0.2) is 70.1 Å². The van der Waals surface area contributed by atoms with Gasteiger partial charge in [-0.05, 0) is 0 Å². The van der Waals surface area contributed by atoms with Crippen molar-refractivity contribution in [2.24, 2.45) is 0 Å². The average Bonchev–Trinajstić information content (AvgIpc) is 2.25. The Morgan fingerprint density at radius 3 is 2.33 bits per heavy atom. The second kappa shape index (κ2) is 6.00. The molecule has 1 fully saturated rings. The molecule has 1 heterocycles. The van der Waals surface area contributed by atoms with Gasteiger partial charge in [0.15, 0.2) is 6.29 Å². The molecule has 1 aliphatic heterocycles. The molecule has 0 saturated carbocycles. The number of aliphatic hydroxyl groups excluding tert-OH is 4. The van der Waals surface area contributed by atoms with Crippen molar-refractivity contribution in [2.45, 2.75) is 30.7 Å². The van der Waals surface area contributed by atoms with Crippen LogP contribution in [0.3, 0.4) is 0 Å². The van der Waals surface area contributed by atoms with E-state index in [-0.39, 0.29) is 6.61 Å². The molecule has 0 amide bonds. The standard InChI is InChI=1S/C8H16O6S/c9-3-4-5(10)6(11)7(12)8(14-4)13-1-2-15/h4-12,15H,1-3H2/t4?,5-,6?,7?,8+/m1/s1. The zero-order valence-corrected chi connectivity index (χ0v) is 8.96. The summed E-state index contributed by atoms with van der Waals surface area (Å²) in [6.07, 6.45) is -6.04. The highest BCUT2D eigenvalue weighted by Crippen LogP contribution is 2.21. The number of hydrogen-bond acceptors (Lipinski definition) is 7. The van der Waals surface area contributed by atoms with Gasteiger partial charge in [0.05, 0.1) is 13.2 Å². The summed E-state index contributed by atoms with van der Waals surface area (Å²) >= 11 is 3.91. The molecule has 0 spiro atoms. The molecule has 0 aliphatic carbocycles. The lowest BCUT2D eigenvalue weighted by molar-refractivity contribution is -0.299. The quantitative estimate of drug-likeness (QED) is 0.355. The molecule has 0 radical (unpaired) electrons. The molecule has 0 aromatic heterocycles. The maximum absolute atomic E-state index is 9.48. The Morgan fingerprint density at radius 2 is 1.80 bits per heavy atom. The third-order valence-electron chi connectivity index (χ3n) is 2.22. The minimum absolute atomic E-state index is 0.242. The van der Waals surface area contributed by atoms with Crippen LogP contribution >= 0.6 is 12.6 Å². The molecule has 15 heavy (non-hydrogen) atoms. The molecule has 3 unspecified atom stereocenters. The van der Waals surface area contributed by atoms with Gasteiger partial charge in [0, 0.05) is 5.75 Å². The minimum Gasteiger partial charge on any atom is -0.394 e. The summed E-state index contributed by atoms with van der Waals surface area (Å²) in [5, 5.41) is 37.2. The lowest BCUT2D eigenvalue weighted by Gasteiger charge is -2.39. The number of thiol groups is 1. The van der Waals surface area contributed by atoms with Crippen LogP contribution in [0.5, 0.6) is 0 Å². The predicted molar refractivity (Wildman–Crippen MR) is 53.6 cm³/mol. The van der Waals surface area contributed by atoms with E-state index in [1.807, 2.05) is 0 Å². The average molecular weight is 240 g/mol. The summed E-state index contributed by atoms with van der Waals surface area (Å²) in [5.41, 5.74) is 0. The lowest BCUT2D eigenvalue weighted by Crippen LogP contribution is -2.59. The van der Waals surface area contributed by atoms with Crippen LogP contribution in [0.4, 0.5) is 0 Å². The summed E-state index contributed by atoms with van der Waals surface area (Å²) in [4.78, 5) is 0. The smallest absolute Gasteiger partial charge is 0.186 e. The van der Waals surface area contributed by atoms with Gasteiger partial charge < -0.3 is 29.9 Å². The first kappa shape index (κ1) is 13.2. The molecule has 5 atom stereocenters. The molecular weight excluding hydrogens is 224 g/mol. The molecule has 1 aliphatic rings. The van der Waals surface area contributed by atoms with E-state index in [0.29, 0.717) is 5.75 Å². The van der Waals surface area contributed by atoms with Gasteiger partial charge in [0.25, 0.3) is 0 Å². The van der Waals surface area contributed by atoms with Gasteiger partial charge in [-0.1, -0.05) is 0 Å². The van der Waals surface area contributed by atoms with Crippen molar-refractivity contribution in [1.82, 2.24) is 0 Å². The van der Waals surface area contributed by atoms with E-state index < -0.39 is 37.3 Å². The van der Waals surface area contributed by atoms with Gasteiger partial charge >= 0.3 is 0 Å². The summed E-state index contributed by atoms with van der Waals surface area (Å²) in [5.74, 6) is 0.440. The highest BCUT2D eigenvalue weighted by atomic mass is 32.1. The fourth-order valence-corrected chi connectivity index (χ4v) is 1.48. The fraction of sp³-hybridized carbons (Fsp3) is 1.00. The van der Waals surface area contributed by atoms with E-state index in [0.717, 1.165) is 0 Å². The molecular formula is C8H16O6S. The molecule has 4 N–H and O–H groups in total. The van der Waals surface area contributed by atoms with Gasteiger partial charge in [-0.2, -0.15) is 12.6 Å². The van der Waals surface area contributed by atoms with Crippen LogP contribution in [0.15, 0.2) is 0 Å². The molecule has 1 rings (SSSR count). The topological polar surface area (TPSA) is 99.4 Å². The Balaban J connectivity index is 2.57. The van der Waals surface area contributed by atoms with Crippen molar-refractivity contribution < 1.29 is 29.9 Å². The van der Waals surface area contributed by atoms with Gasteiger partial charge in [0.1, 0.15) is 24.4 Å². The van der Waals surface area contributed by atoms with Crippen LogP contribution in [0.1, 0.15) is 0 Å². The Hall–Kier alpha value is 0.110. The van der Waals surface area contributed by atoms with Gasteiger partial charge in [-0.3, -0.25) is 0 Å². The van der Waals surface area contributed by atoms with Crippen molar-refractivity contribution in [1.29, 1.82) is 0 Å². The third kappa shape index (κ3) is 3.04. The van der Waals surface area contributed by atoms with Gasteiger partial charge in [-0.15, -0.1) is 0 Å². The molecule has 7 heteroatoms. The van der Waals surface area contributed by atoms with Crippen LogP contribution in [0.2, 0.25) is 0 Å². The van der Waals surface area contributed by atoms with Crippen LogP contribution in [-0.2, 0) is 9.47 Å². The van der Waals surface area contributed by atoms with E-state index >= 15 is 0 Å². The van der Waals surface area contributed by atoms with E-state index in [2.05, 4.69) is 12.6 Å². The Kier molecular flexibility index (Phi) is 5.27. The Morgan fingerprint density at radius 1 is 1.13 bits per heavy atom. The Labute approximate surface area is 92.8 Å². The fourth-order valence-electron chi connectivity index (χ4n) is 1.37. The number of ether oxygens (including phenoxy) is 2. The molecule has 6 nitrogen and oxygen atoms in total. The zero-order valence-electron chi connectivity index (χ0n) is 8.06. The summed E-state index contributed by atoms with van der Waals surface area (Å²) < 4.78 is 10.1. The van der Waals surface area contributed by atoms with Crippen molar-refractivity contribution >= 4 is 12.6 Å². The van der Waals surface area contributed by atoms with Crippen molar-refractivity contribution in [3.8, 4) is 0 Å². The number of rotatable bonds is 4. The largest absolute Gasteiger partial charge is 0.394 e. The SMILES string of the molecule is OCC1O[C@H](OCCS)C(O)C(O)[C@@H]1O. The van der Waals surface area contributed by atoms with Gasteiger partial charge in [-0.25, -0.2) is 0 Å². The number of hydrogen-bond donors (Lipinski definition) is 5. The summed E-state index contributed by atoms with van der Waals surface area (Å²) in [6.45, 7) is -0.211.